The van der Waals surface area contributed by atoms with Gasteiger partial charge in [0, 0.05) is 11.6 Å². The van der Waals surface area contributed by atoms with Crippen LogP contribution in [0.2, 0.25) is 5.02 Å². The normalized spacial score (nSPS) is 12.0. The maximum absolute atomic E-state index is 11.8. The number of rotatable bonds is 5. The van der Waals surface area contributed by atoms with E-state index in [1.54, 1.807) is 12.1 Å². The van der Waals surface area contributed by atoms with Crippen molar-refractivity contribution in [1.29, 1.82) is 0 Å². The number of amides is 1. The van der Waals surface area contributed by atoms with Crippen LogP contribution >= 0.6 is 11.6 Å². The van der Waals surface area contributed by atoms with Crippen LogP contribution in [-0.4, -0.2) is 42.5 Å². The molecular formula is C11H14ClNO4. The van der Waals surface area contributed by atoms with Gasteiger partial charge in [-0.05, 0) is 18.2 Å². The molecule has 1 rings (SSSR count). The minimum Gasteiger partial charge on any atom is -0.496 e. The number of hydrogen-bond donors (Lipinski definition) is 3. The Morgan fingerprint density at radius 3 is 2.88 bits per heavy atom. The highest BCUT2D eigenvalue weighted by Gasteiger charge is 2.13. The van der Waals surface area contributed by atoms with Gasteiger partial charge in [-0.3, -0.25) is 4.79 Å². The van der Waals surface area contributed by atoms with Crippen molar-refractivity contribution in [2.75, 3.05) is 20.3 Å². The van der Waals surface area contributed by atoms with E-state index >= 15 is 0 Å². The van der Waals surface area contributed by atoms with Crippen molar-refractivity contribution in [3.05, 3.63) is 28.8 Å². The highest BCUT2D eigenvalue weighted by Crippen LogP contribution is 2.22. The van der Waals surface area contributed by atoms with Crippen LogP contribution < -0.4 is 10.1 Å². The number of halogens is 1. The molecule has 94 valence electrons. The molecule has 0 aliphatic rings. The second-order valence-electron chi connectivity index (χ2n) is 3.39. The zero-order valence-corrected chi connectivity index (χ0v) is 10.1. The fourth-order valence-corrected chi connectivity index (χ4v) is 1.40. The topological polar surface area (TPSA) is 78.8 Å². The summed E-state index contributed by atoms with van der Waals surface area (Å²) in [7, 11) is 1.45. The number of benzene rings is 1. The molecule has 0 aliphatic heterocycles. The second-order valence-corrected chi connectivity index (χ2v) is 3.83. The van der Waals surface area contributed by atoms with Crippen molar-refractivity contribution in [2.24, 2.45) is 0 Å². The molecular weight excluding hydrogens is 246 g/mol. The van der Waals surface area contributed by atoms with E-state index in [-0.39, 0.29) is 12.1 Å². The average Bonchev–Trinajstić information content (AvgIpc) is 2.35. The summed E-state index contributed by atoms with van der Waals surface area (Å²) < 4.78 is 5.02. The van der Waals surface area contributed by atoms with Crippen molar-refractivity contribution in [1.82, 2.24) is 5.32 Å². The van der Waals surface area contributed by atoms with E-state index in [1.807, 2.05) is 0 Å². The summed E-state index contributed by atoms with van der Waals surface area (Å²) in [6.45, 7) is -0.446. The van der Waals surface area contributed by atoms with E-state index < -0.39 is 18.6 Å². The van der Waals surface area contributed by atoms with Crippen LogP contribution in [0.5, 0.6) is 5.75 Å². The summed E-state index contributed by atoms with van der Waals surface area (Å²) in [6, 6.07) is 4.67. The second kappa shape index (κ2) is 6.44. The van der Waals surface area contributed by atoms with E-state index in [2.05, 4.69) is 5.32 Å². The summed E-state index contributed by atoms with van der Waals surface area (Å²) >= 11 is 5.78. The van der Waals surface area contributed by atoms with Crippen LogP contribution in [-0.2, 0) is 0 Å². The van der Waals surface area contributed by atoms with Gasteiger partial charge >= 0.3 is 0 Å². The molecule has 0 saturated heterocycles. The zero-order chi connectivity index (χ0) is 12.8. The van der Waals surface area contributed by atoms with Crippen molar-refractivity contribution < 1.29 is 19.7 Å². The van der Waals surface area contributed by atoms with Gasteiger partial charge in [-0.1, -0.05) is 11.6 Å². The molecule has 3 N–H and O–H groups in total. The Bertz CT molecular complexity index is 397. The fourth-order valence-electron chi connectivity index (χ4n) is 1.23. The largest absolute Gasteiger partial charge is 0.496 e. The number of carbonyl (C=O) groups excluding carboxylic acids is 1. The maximum Gasteiger partial charge on any atom is 0.255 e. The number of carbonyl (C=O) groups is 1. The van der Waals surface area contributed by atoms with Gasteiger partial charge in [0.15, 0.2) is 0 Å². The molecule has 6 heteroatoms. The van der Waals surface area contributed by atoms with Crippen molar-refractivity contribution >= 4 is 17.5 Å². The molecule has 0 heterocycles. The number of methoxy groups -OCH3 is 1. The molecule has 0 radical (unpaired) electrons. The highest BCUT2D eigenvalue weighted by atomic mass is 35.5. The summed E-state index contributed by atoms with van der Waals surface area (Å²) in [5.74, 6) is -0.0257. The Morgan fingerprint density at radius 1 is 1.59 bits per heavy atom. The Balaban J connectivity index is 2.77. The molecule has 1 aromatic rings. The lowest BCUT2D eigenvalue weighted by Crippen LogP contribution is -2.34. The summed E-state index contributed by atoms with van der Waals surface area (Å²) in [5.41, 5.74) is 0.283. The highest BCUT2D eigenvalue weighted by molar-refractivity contribution is 6.31. The van der Waals surface area contributed by atoms with Crippen LogP contribution in [0.1, 0.15) is 10.4 Å². The van der Waals surface area contributed by atoms with Crippen LogP contribution in [0, 0.1) is 0 Å². The molecule has 1 aromatic carbocycles. The maximum atomic E-state index is 11.8. The Kier molecular flexibility index (Phi) is 5.21. The molecule has 17 heavy (non-hydrogen) atoms. The van der Waals surface area contributed by atoms with Crippen LogP contribution in [0.15, 0.2) is 18.2 Å². The predicted octanol–water partition coefficient (Wildman–Crippen LogP) is 0.432. The molecule has 0 fully saturated rings. The third-order valence-electron chi connectivity index (χ3n) is 2.12. The first-order valence-electron chi connectivity index (χ1n) is 4.99. The van der Waals surface area contributed by atoms with Gasteiger partial charge in [-0.15, -0.1) is 0 Å². The fraction of sp³-hybridized carbons (Fsp3) is 0.364. The van der Waals surface area contributed by atoms with E-state index in [0.29, 0.717) is 10.8 Å². The van der Waals surface area contributed by atoms with Gasteiger partial charge < -0.3 is 20.3 Å². The van der Waals surface area contributed by atoms with Crippen molar-refractivity contribution in [2.45, 2.75) is 6.10 Å². The molecule has 1 amide bonds. The molecule has 0 bridgehead atoms. The molecule has 0 spiro atoms. The number of hydrogen-bond acceptors (Lipinski definition) is 4. The molecule has 1 atom stereocenters. The summed E-state index contributed by atoms with van der Waals surface area (Å²) in [5, 5.41) is 20.6. The standard InChI is InChI=1S/C11H14ClNO4/c1-17-10-3-2-7(12)4-9(10)11(16)13-5-8(15)6-14/h2-4,8,14-15H,5-6H2,1H3,(H,13,16). The Morgan fingerprint density at radius 2 is 2.29 bits per heavy atom. The van der Waals surface area contributed by atoms with Gasteiger partial charge in [0.25, 0.3) is 5.91 Å². The first-order chi connectivity index (χ1) is 8.08. The van der Waals surface area contributed by atoms with E-state index in [4.69, 9.17) is 26.6 Å². The Labute approximate surface area is 104 Å². The monoisotopic (exact) mass is 259 g/mol. The van der Waals surface area contributed by atoms with E-state index in [0.717, 1.165) is 0 Å². The first-order valence-corrected chi connectivity index (χ1v) is 5.37. The molecule has 5 nitrogen and oxygen atoms in total. The third-order valence-corrected chi connectivity index (χ3v) is 2.35. The number of aliphatic hydroxyl groups excluding tert-OH is 2. The SMILES string of the molecule is COc1ccc(Cl)cc1C(=O)NCC(O)CO. The van der Waals surface area contributed by atoms with Gasteiger partial charge in [-0.25, -0.2) is 0 Å². The Hall–Kier alpha value is -1.30. The lowest BCUT2D eigenvalue weighted by molar-refractivity contribution is 0.0800. The summed E-state index contributed by atoms with van der Waals surface area (Å²) in [6.07, 6.45) is -0.982. The third kappa shape index (κ3) is 3.89. The number of nitrogens with one attached hydrogen (secondary N) is 1. The van der Waals surface area contributed by atoms with Gasteiger partial charge in [0.05, 0.1) is 25.4 Å². The summed E-state index contributed by atoms with van der Waals surface area (Å²) in [4.78, 5) is 11.8. The number of aliphatic hydroxyl groups is 2. The molecule has 0 aliphatic carbocycles. The van der Waals surface area contributed by atoms with E-state index in [1.165, 1.54) is 13.2 Å². The van der Waals surface area contributed by atoms with Crippen molar-refractivity contribution in [3.63, 3.8) is 0 Å². The molecule has 0 aromatic heterocycles. The molecule has 1 unspecified atom stereocenters. The van der Waals surface area contributed by atoms with Gasteiger partial charge in [0.2, 0.25) is 0 Å². The van der Waals surface area contributed by atoms with Gasteiger partial charge in [-0.2, -0.15) is 0 Å². The lowest BCUT2D eigenvalue weighted by atomic mass is 10.2. The molecule has 0 saturated carbocycles. The predicted molar refractivity (Wildman–Crippen MR) is 63.4 cm³/mol. The minimum atomic E-state index is -0.982. The van der Waals surface area contributed by atoms with E-state index in [9.17, 15) is 4.79 Å². The zero-order valence-electron chi connectivity index (χ0n) is 9.31. The van der Waals surface area contributed by atoms with Gasteiger partial charge in [0.1, 0.15) is 5.75 Å². The minimum absolute atomic E-state index is 0.0367. The average molecular weight is 260 g/mol. The first kappa shape index (κ1) is 13.8. The van der Waals surface area contributed by atoms with Crippen LogP contribution in [0.4, 0.5) is 0 Å². The van der Waals surface area contributed by atoms with Crippen molar-refractivity contribution in [3.8, 4) is 5.75 Å². The quantitative estimate of drug-likeness (QED) is 0.717. The smallest absolute Gasteiger partial charge is 0.255 e. The van der Waals surface area contributed by atoms with Crippen LogP contribution in [0.25, 0.3) is 0 Å². The van der Waals surface area contributed by atoms with Crippen LogP contribution in [0.3, 0.4) is 0 Å². The number of ether oxygens (including phenoxy) is 1. The lowest BCUT2D eigenvalue weighted by Gasteiger charge is -2.11.